The average molecular weight is 207 g/mol. The lowest BCUT2D eigenvalue weighted by Gasteiger charge is -2.25. The van der Waals surface area contributed by atoms with E-state index in [1.54, 1.807) is 6.20 Å². The molecule has 0 saturated carbocycles. The minimum absolute atomic E-state index is 0.0599. The summed E-state index contributed by atoms with van der Waals surface area (Å²) < 4.78 is 0. The van der Waals surface area contributed by atoms with Crippen LogP contribution >= 0.6 is 0 Å². The number of hydrogen-bond donors (Lipinski definition) is 2. The first kappa shape index (κ1) is 9.85. The Morgan fingerprint density at radius 3 is 3.00 bits per heavy atom. The third kappa shape index (κ3) is 2.63. The van der Waals surface area contributed by atoms with Gasteiger partial charge in [-0.05, 0) is 0 Å². The number of piperazine rings is 1. The first-order chi connectivity index (χ1) is 7.24. The molecule has 6 nitrogen and oxygen atoms in total. The molecule has 2 rings (SSSR count). The van der Waals surface area contributed by atoms with Gasteiger partial charge in [-0.3, -0.25) is 14.7 Å². The van der Waals surface area contributed by atoms with Gasteiger partial charge in [0.05, 0.1) is 24.6 Å². The van der Waals surface area contributed by atoms with Gasteiger partial charge in [0.1, 0.15) is 5.82 Å². The predicted octanol–water partition coefficient (Wildman–Crippen LogP) is -1.01. The van der Waals surface area contributed by atoms with Gasteiger partial charge in [0.15, 0.2) is 0 Å². The number of nitrogen functional groups attached to an aromatic ring is 1. The molecule has 1 saturated heterocycles. The molecule has 1 aliphatic heterocycles. The van der Waals surface area contributed by atoms with Crippen LogP contribution in [0.25, 0.3) is 0 Å². The number of carbonyl (C=O) groups is 1. The largest absolute Gasteiger partial charge is 0.382 e. The minimum Gasteiger partial charge on any atom is -0.382 e. The molecule has 1 amide bonds. The summed E-state index contributed by atoms with van der Waals surface area (Å²) in [5.41, 5.74) is 6.26. The van der Waals surface area contributed by atoms with Crippen molar-refractivity contribution in [2.24, 2.45) is 0 Å². The van der Waals surface area contributed by atoms with Crippen molar-refractivity contribution in [3.63, 3.8) is 0 Å². The van der Waals surface area contributed by atoms with E-state index in [4.69, 9.17) is 5.73 Å². The Balaban J connectivity index is 1.96. The number of nitrogens with two attached hydrogens (primary N) is 1. The summed E-state index contributed by atoms with van der Waals surface area (Å²) in [6.45, 7) is 2.60. The first-order valence-electron chi connectivity index (χ1n) is 4.79. The third-order valence-electron chi connectivity index (χ3n) is 2.23. The van der Waals surface area contributed by atoms with E-state index in [-0.39, 0.29) is 5.91 Å². The van der Waals surface area contributed by atoms with Crippen molar-refractivity contribution >= 4 is 11.7 Å². The third-order valence-corrected chi connectivity index (χ3v) is 2.23. The number of nitrogens with zero attached hydrogens (tertiary/aromatic N) is 3. The summed E-state index contributed by atoms with van der Waals surface area (Å²) >= 11 is 0. The molecular formula is C9H13N5O. The van der Waals surface area contributed by atoms with Crippen LogP contribution in [0.4, 0.5) is 5.82 Å². The molecule has 0 aliphatic carbocycles. The van der Waals surface area contributed by atoms with E-state index in [1.807, 2.05) is 4.90 Å². The fourth-order valence-electron chi connectivity index (χ4n) is 1.50. The van der Waals surface area contributed by atoms with Crippen LogP contribution in [0.1, 0.15) is 5.69 Å². The number of nitrogens with one attached hydrogen (secondary N) is 1. The Morgan fingerprint density at radius 1 is 1.47 bits per heavy atom. The second-order valence-corrected chi connectivity index (χ2v) is 3.49. The molecule has 80 valence electrons. The van der Waals surface area contributed by atoms with E-state index in [9.17, 15) is 4.79 Å². The highest BCUT2D eigenvalue weighted by Crippen LogP contribution is 2.03. The van der Waals surface area contributed by atoms with Crippen molar-refractivity contribution in [3.05, 3.63) is 18.1 Å². The highest BCUT2D eigenvalue weighted by molar-refractivity contribution is 5.78. The lowest BCUT2D eigenvalue weighted by molar-refractivity contribution is -0.124. The molecule has 0 spiro atoms. The monoisotopic (exact) mass is 207 g/mol. The van der Waals surface area contributed by atoms with E-state index in [1.165, 1.54) is 6.20 Å². The normalized spacial score (nSPS) is 17.5. The maximum Gasteiger partial charge on any atom is 0.234 e. The van der Waals surface area contributed by atoms with Crippen LogP contribution < -0.4 is 11.1 Å². The van der Waals surface area contributed by atoms with Gasteiger partial charge in [0, 0.05) is 19.6 Å². The van der Waals surface area contributed by atoms with Crippen LogP contribution in [0, 0.1) is 0 Å². The molecule has 3 N–H and O–H groups in total. The van der Waals surface area contributed by atoms with Gasteiger partial charge in [0.25, 0.3) is 0 Å². The summed E-state index contributed by atoms with van der Waals surface area (Å²) in [5, 5.41) is 2.77. The van der Waals surface area contributed by atoms with Gasteiger partial charge in [-0.25, -0.2) is 4.98 Å². The molecule has 15 heavy (non-hydrogen) atoms. The molecule has 0 bridgehead atoms. The molecule has 0 unspecified atom stereocenters. The van der Waals surface area contributed by atoms with Crippen LogP contribution in [-0.2, 0) is 11.3 Å². The lowest BCUT2D eigenvalue weighted by atomic mass is 10.3. The highest BCUT2D eigenvalue weighted by atomic mass is 16.2. The van der Waals surface area contributed by atoms with E-state index < -0.39 is 0 Å². The second-order valence-electron chi connectivity index (χ2n) is 3.49. The van der Waals surface area contributed by atoms with Gasteiger partial charge >= 0.3 is 0 Å². The van der Waals surface area contributed by atoms with Crippen molar-refractivity contribution in [2.45, 2.75) is 6.54 Å². The van der Waals surface area contributed by atoms with Crippen molar-refractivity contribution in [2.75, 3.05) is 25.4 Å². The van der Waals surface area contributed by atoms with E-state index in [2.05, 4.69) is 15.3 Å². The Morgan fingerprint density at radius 2 is 2.33 bits per heavy atom. The van der Waals surface area contributed by atoms with Crippen molar-refractivity contribution in [3.8, 4) is 0 Å². The molecule has 0 radical (unpaired) electrons. The summed E-state index contributed by atoms with van der Waals surface area (Å²) in [5.74, 6) is 0.472. The smallest absolute Gasteiger partial charge is 0.234 e. The molecule has 6 heteroatoms. The maximum atomic E-state index is 11.1. The summed E-state index contributed by atoms with van der Waals surface area (Å²) in [6, 6.07) is 0. The maximum absolute atomic E-state index is 11.1. The molecule has 2 heterocycles. The van der Waals surface area contributed by atoms with Crippen LogP contribution in [0.2, 0.25) is 0 Å². The standard InChI is InChI=1S/C9H13N5O/c10-8-4-12-7(3-13-8)5-14-2-1-11-9(15)6-14/h3-4H,1-2,5-6H2,(H2,10,13)(H,11,15). The number of carbonyl (C=O) groups excluding carboxylic acids is 1. The summed E-state index contributed by atoms with van der Waals surface area (Å²) in [7, 11) is 0. The van der Waals surface area contributed by atoms with Crippen molar-refractivity contribution < 1.29 is 4.79 Å². The van der Waals surface area contributed by atoms with Gasteiger partial charge in [-0.15, -0.1) is 0 Å². The topological polar surface area (TPSA) is 84.1 Å². The molecule has 0 atom stereocenters. The van der Waals surface area contributed by atoms with Gasteiger partial charge in [-0.1, -0.05) is 0 Å². The lowest BCUT2D eigenvalue weighted by Crippen LogP contribution is -2.47. The molecule has 1 aromatic heterocycles. The zero-order valence-electron chi connectivity index (χ0n) is 8.31. The van der Waals surface area contributed by atoms with E-state index in [0.29, 0.717) is 25.5 Å². The number of hydrogen-bond acceptors (Lipinski definition) is 5. The Bertz CT molecular complexity index is 350. The van der Waals surface area contributed by atoms with Crippen LogP contribution in [0.15, 0.2) is 12.4 Å². The fourth-order valence-corrected chi connectivity index (χ4v) is 1.50. The number of anilines is 1. The van der Waals surface area contributed by atoms with Crippen LogP contribution in [-0.4, -0.2) is 40.4 Å². The van der Waals surface area contributed by atoms with Gasteiger partial charge < -0.3 is 11.1 Å². The molecule has 1 fully saturated rings. The van der Waals surface area contributed by atoms with Crippen molar-refractivity contribution in [1.82, 2.24) is 20.2 Å². The zero-order valence-corrected chi connectivity index (χ0v) is 8.31. The van der Waals surface area contributed by atoms with Gasteiger partial charge in [-0.2, -0.15) is 0 Å². The van der Waals surface area contributed by atoms with Crippen LogP contribution in [0.3, 0.4) is 0 Å². The fraction of sp³-hybridized carbons (Fsp3) is 0.444. The quantitative estimate of drug-likeness (QED) is 0.649. The Hall–Kier alpha value is -1.69. The number of aromatic nitrogens is 2. The summed E-state index contributed by atoms with van der Waals surface area (Å²) in [6.07, 6.45) is 3.17. The van der Waals surface area contributed by atoms with Gasteiger partial charge in [0.2, 0.25) is 5.91 Å². The SMILES string of the molecule is Nc1cnc(CN2CCNC(=O)C2)cn1. The first-order valence-corrected chi connectivity index (χ1v) is 4.79. The Labute approximate surface area is 87.5 Å². The second kappa shape index (κ2) is 4.22. The molecular weight excluding hydrogens is 194 g/mol. The molecule has 0 aromatic carbocycles. The minimum atomic E-state index is 0.0599. The number of amides is 1. The predicted molar refractivity (Wildman–Crippen MR) is 54.7 cm³/mol. The Kier molecular flexibility index (Phi) is 2.77. The van der Waals surface area contributed by atoms with Crippen LogP contribution in [0.5, 0.6) is 0 Å². The summed E-state index contributed by atoms with van der Waals surface area (Å²) in [4.78, 5) is 21.2. The van der Waals surface area contributed by atoms with E-state index in [0.717, 1.165) is 12.2 Å². The highest BCUT2D eigenvalue weighted by Gasteiger charge is 2.16. The average Bonchev–Trinajstić information content (AvgIpc) is 2.22. The van der Waals surface area contributed by atoms with E-state index >= 15 is 0 Å². The zero-order chi connectivity index (χ0) is 10.7. The number of rotatable bonds is 2. The van der Waals surface area contributed by atoms with Crippen molar-refractivity contribution in [1.29, 1.82) is 0 Å². The molecule has 1 aromatic rings. The molecule has 1 aliphatic rings.